The van der Waals surface area contributed by atoms with Gasteiger partial charge in [-0.25, -0.2) is 0 Å². The van der Waals surface area contributed by atoms with Crippen molar-refractivity contribution in [3.8, 4) is 0 Å². The lowest BCUT2D eigenvalue weighted by Crippen LogP contribution is -2.30. The Kier molecular flexibility index (Phi) is 2.68. The molecule has 0 radical (unpaired) electrons. The fraction of sp³-hybridized carbons (Fsp3) is 0.545. The van der Waals surface area contributed by atoms with E-state index in [1.165, 1.54) is 12.8 Å². The van der Waals surface area contributed by atoms with E-state index in [1.54, 1.807) is 6.07 Å². The highest BCUT2D eigenvalue weighted by Gasteiger charge is 2.16. The molecule has 0 spiro atoms. The highest BCUT2D eigenvalue weighted by Crippen LogP contribution is 2.19. The fourth-order valence-corrected chi connectivity index (χ4v) is 1.97. The zero-order valence-corrected chi connectivity index (χ0v) is 8.47. The van der Waals surface area contributed by atoms with E-state index in [-0.39, 0.29) is 11.5 Å². The maximum Gasteiger partial charge on any atom is 0.186 e. The molecular formula is C11H16N2O. The molecule has 0 saturated carbocycles. The molecular weight excluding hydrogens is 176 g/mol. The van der Waals surface area contributed by atoms with Gasteiger partial charge in [-0.1, -0.05) is 6.42 Å². The molecule has 2 rings (SSSR count). The summed E-state index contributed by atoms with van der Waals surface area (Å²) in [7, 11) is 0. The van der Waals surface area contributed by atoms with Crippen molar-refractivity contribution >= 4 is 0 Å². The highest BCUT2D eigenvalue weighted by molar-refractivity contribution is 5.18. The number of aromatic nitrogens is 1. The summed E-state index contributed by atoms with van der Waals surface area (Å²) in [5.41, 5.74) is 1.96. The molecule has 0 unspecified atom stereocenters. The van der Waals surface area contributed by atoms with Gasteiger partial charge >= 0.3 is 0 Å². The molecule has 0 bridgehead atoms. The molecule has 2 heterocycles. The van der Waals surface area contributed by atoms with Crippen molar-refractivity contribution in [2.45, 2.75) is 32.2 Å². The lowest BCUT2D eigenvalue weighted by atomic mass is 9.98. The van der Waals surface area contributed by atoms with Crippen molar-refractivity contribution in [3.63, 3.8) is 0 Å². The van der Waals surface area contributed by atoms with Gasteiger partial charge < -0.3 is 10.3 Å². The van der Waals surface area contributed by atoms with Crippen LogP contribution in [0.1, 0.15) is 36.6 Å². The van der Waals surface area contributed by atoms with Gasteiger partial charge in [-0.15, -0.1) is 0 Å². The van der Waals surface area contributed by atoms with Crippen LogP contribution in [0.5, 0.6) is 0 Å². The van der Waals surface area contributed by atoms with Crippen molar-refractivity contribution in [3.05, 3.63) is 33.7 Å². The number of rotatable bonds is 1. The largest absolute Gasteiger partial charge is 0.365 e. The third-order valence-corrected chi connectivity index (χ3v) is 2.77. The highest BCUT2D eigenvalue weighted by atomic mass is 16.1. The number of aromatic amines is 1. The van der Waals surface area contributed by atoms with E-state index < -0.39 is 0 Å². The van der Waals surface area contributed by atoms with Gasteiger partial charge in [-0.2, -0.15) is 0 Å². The van der Waals surface area contributed by atoms with Crippen LogP contribution < -0.4 is 10.7 Å². The van der Waals surface area contributed by atoms with Gasteiger partial charge in [-0.05, 0) is 26.3 Å². The van der Waals surface area contributed by atoms with Crippen molar-refractivity contribution in [1.29, 1.82) is 0 Å². The minimum Gasteiger partial charge on any atom is -0.365 e. The molecule has 3 nitrogen and oxygen atoms in total. The number of aryl methyl sites for hydroxylation is 1. The molecule has 1 fully saturated rings. The predicted octanol–water partition coefficient (Wildman–Crippen LogP) is 1.50. The van der Waals surface area contributed by atoms with Gasteiger partial charge in [0, 0.05) is 29.6 Å². The molecule has 1 saturated heterocycles. The summed E-state index contributed by atoms with van der Waals surface area (Å²) >= 11 is 0. The quantitative estimate of drug-likeness (QED) is 0.708. The molecule has 2 N–H and O–H groups in total. The van der Waals surface area contributed by atoms with E-state index in [1.807, 2.05) is 13.1 Å². The van der Waals surface area contributed by atoms with E-state index in [4.69, 9.17) is 0 Å². The zero-order valence-electron chi connectivity index (χ0n) is 8.47. The van der Waals surface area contributed by atoms with Crippen LogP contribution >= 0.6 is 0 Å². The Bertz CT molecular complexity index is 364. The molecule has 1 aliphatic heterocycles. The summed E-state index contributed by atoms with van der Waals surface area (Å²) in [4.78, 5) is 14.8. The normalized spacial score (nSPS) is 22.2. The van der Waals surface area contributed by atoms with E-state index in [2.05, 4.69) is 10.3 Å². The van der Waals surface area contributed by atoms with Gasteiger partial charge in [0.15, 0.2) is 5.43 Å². The van der Waals surface area contributed by atoms with Crippen LogP contribution in [0.25, 0.3) is 0 Å². The minimum absolute atomic E-state index is 0.153. The first-order valence-corrected chi connectivity index (χ1v) is 5.20. The fourth-order valence-electron chi connectivity index (χ4n) is 1.97. The predicted molar refractivity (Wildman–Crippen MR) is 56.4 cm³/mol. The maximum atomic E-state index is 11.7. The Labute approximate surface area is 83.5 Å². The number of hydrogen-bond donors (Lipinski definition) is 2. The summed E-state index contributed by atoms with van der Waals surface area (Å²) in [6.45, 7) is 2.93. The number of pyridine rings is 1. The SMILES string of the molecule is Cc1cc(=O)c([C@@H]2CCCCN2)c[nH]1. The van der Waals surface area contributed by atoms with Gasteiger partial charge in [-0.3, -0.25) is 4.79 Å². The van der Waals surface area contributed by atoms with Crippen LogP contribution in [0.15, 0.2) is 17.1 Å². The Morgan fingerprint density at radius 3 is 2.93 bits per heavy atom. The molecule has 1 aromatic heterocycles. The Morgan fingerprint density at radius 2 is 2.29 bits per heavy atom. The summed E-state index contributed by atoms with van der Waals surface area (Å²) in [5, 5.41) is 3.38. The molecule has 0 aromatic carbocycles. The smallest absolute Gasteiger partial charge is 0.186 e. The second kappa shape index (κ2) is 3.96. The molecule has 14 heavy (non-hydrogen) atoms. The van der Waals surface area contributed by atoms with Crippen LogP contribution in [-0.4, -0.2) is 11.5 Å². The third kappa shape index (κ3) is 1.87. The number of piperidine rings is 1. The van der Waals surface area contributed by atoms with Crippen LogP contribution in [0.2, 0.25) is 0 Å². The van der Waals surface area contributed by atoms with Crippen molar-refractivity contribution in [2.75, 3.05) is 6.54 Å². The Balaban J connectivity index is 2.26. The van der Waals surface area contributed by atoms with Gasteiger partial charge in [0.2, 0.25) is 0 Å². The van der Waals surface area contributed by atoms with Crippen LogP contribution in [0.3, 0.4) is 0 Å². The second-order valence-corrected chi connectivity index (χ2v) is 3.94. The lowest BCUT2D eigenvalue weighted by Gasteiger charge is -2.23. The summed E-state index contributed by atoms with van der Waals surface area (Å²) in [6.07, 6.45) is 5.36. The molecule has 0 aliphatic carbocycles. The minimum atomic E-state index is 0.153. The number of hydrogen-bond acceptors (Lipinski definition) is 2. The molecule has 76 valence electrons. The standard InChI is InChI=1S/C11H16N2O/c1-8-6-11(14)9(7-13-8)10-4-2-3-5-12-10/h6-7,10,12H,2-5H2,1H3,(H,13,14)/t10-/m0/s1. The number of nitrogens with one attached hydrogen (secondary N) is 2. The molecule has 1 atom stereocenters. The van der Waals surface area contributed by atoms with Crippen molar-refractivity contribution in [2.24, 2.45) is 0 Å². The average Bonchev–Trinajstić information content (AvgIpc) is 2.19. The van der Waals surface area contributed by atoms with Gasteiger partial charge in [0.1, 0.15) is 0 Å². The molecule has 0 amide bonds. The van der Waals surface area contributed by atoms with Gasteiger partial charge in [0.05, 0.1) is 0 Å². The average molecular weight is 192 g/mol. The summed E-state index contributed by atoms with van der Waals surface area (Å²) < 4.78 is 0. The van der Waals surface area contributed by atoms with E-state index in [9.17, 15) is 4.79 Å². The summed E-state index contributed by atoms with van der Waals surface area (Å²) in [5.74, 6) is 0. The van der Waals surface area contributed by atoms with E-state index >= 15 is 0 Å². The molecule has 1 aliphatic rings. The van der Waals surface area contributed by atoms with Crippen LogP contribution in [0, 0.1) is 6.92 Å². The van der Waals surface area contributed by atoms with Gasteiger partial charge in [0.25, 0.3) is 0 Å². The van der Waals surface area contributed by atoms with Crippen LogP contribution in [0.4, 0.5) is 0 Å². The zero-order chi connectivity index (χ0) is 9.97. The lowest BCUT2D eigenvalue weighted by molar-refractivity contribution is 0.410. The van der Waals surface area contributed by atoms with E-state index in [0.29, 0.717) is 0 Å². The first kappa shape index (κ1) is 9.46. The number of H-pyrrole nitrogens is 1. The molecule has 1 aromatic rings. The maximum absolute atomic E-state index is 11.7. The topological polar surface area (TPSA) is 44.9 Å². The first-order valence-electron chi connectivity index (χ1n) is 5.20. The third-order valence-electron chi connectivity index (χ3n) is 2.77. The summed E-state index contributed by atoms with van der Waals surface area (Å²) in [6, 6.07) is 1.93. The Morgan fingerprint density at radius 1 is 1.43 bits per heavy atom. The molecule has 3 heteroatoms. The van der Waals surface area contributed by atoms with E-state index in [0.717, 1.165) is 24.2 Å². The monoisotopic (exact) mass is 192 g/mol. The van der Waals surface area contributed by atoms with Crippen LogP contribution in [-0.2, 0) is 0 Å². The first-order chi connectivity index (χ1) is 6.77. The van der Waals surface area contributed by atoms with Crippen molar-refractivity contribution in [1.82, 2.24) is 10.3 Å². The Hall–Kier alpha value is -1.09. The second-order valence-electron chi connectivity index (χ2n) is 3.94. The van der Waals surface area contributed by atoms with Crippen molar-refractivity contribution < 1.29 is 0 Å².